The molecule has 0 aliphatic rings. The molecule has 0 saturated heterocycles. The Kier molecular flexibility index (Phi) is 4.90. The third-order valence-corrected chi connectivity index (χ3v) is 2.99. The number of hydrogen-bond donors (Lipinski definition) is 1. The zero-order chi connectivity index (χ0) is 14.4. The Balaban J connectivity index is 2.03. The van der Waals surface area contributed by atoms with E-state index in [4.69, 9.17) is 10.5 Å². The van der Waals surface area contributed by atoms with Gasteiger partial charge in [0.05, 0.1) is 6.61 Å². The molecule has 1 aromatic heterocycles. The van der Waals surface area contributed by atoms with E-state index in [1.165, 1.54) is 5.56 Å². The molecular weight excluding hydrogens is 254 g/mol. The number of rotatable bonds is 6. The van der Waals surface area contributed by atoms with Crippen LogP contribution < -0.4 is 5.73 Å². The first-order valence-electron chi connectivity index (χ1n) is 6.67. The van der Waals surface area contributed by atoms with Crippen molar-refractivity contribution in [3.05, 3.63) is 54.1 Å². The molecule has 0 aliphatic carbocycles. The highest BCUT2D eigenvalue weighted by Gasteiger charge is 2.17. The van der Waals surface area contributed by atoms with E-state index in [1.807, 2.05) is 29.0 Å². The van der Waals surface area contributed by atoms with E-state index in [0.717, 1.165) is 5.82 Å². The number of esters is 1. The summed E-state index contributed by atoms with van der Waals surface area (Å²) in [6.07, 6.45) is 3.98. The first-order chi connectivity index (χ1) is 9.70. The highest BCUT2D eigenvalue weighted by atomic mass is 16.5. The Hall–Kier alpha value is -2.14. The van der Waals surface area contributed by atoms with Gasteiger partial charge in [-0.05, 0) is 12.5 Å². The van der Waals surface area contributed by atoms with Gasteiger partial charge in [-0.15, -0.1) is 0 Å². The second kappa shape index (κ2) is 6.86. The van der Waals surface area contributed by atoms with Crippen LogP contribution in [0.4, 0.5) is 0 Å². The predicted molar refractivity (Wildman–Crippen MR) is 76.1 cm³/mol. The van der Waals surface area contributed by atoms with Crippen molar-refractivity contribution in [3.63, 3.8) is 0 Å². The Labute approximate surface area is 118 Å². The standard InChI is InChI=1S/C15H19N3O2/c1-2-20-15(19)13(16)10-14-17-8-9-18(14)11-12-6-4-3-5-7-12/h3-9,13H,2,10-11,16H2,1H3. The molecular formula is C15H19N3O2. The van der Waals surface area contributed by atoms with Gasteiger partial charge in [0.15, 0.2) is 0 Å². The summed E-state index contributed by atoms with van der Waals surface area (Å²) in [6, 6.07) is 9.40. The lowest BCUT2D eigenvalue weighted by Crippen LogP contribution is -2.35. The van der Waals surface area contributed by atoms with E-state index in [0.29, 0.717) is 19.6 Å². The molecule has 1 unspecified atom stereocenters. The van der Waals surface area contributed by atoms with Crippen molar-refractivity contribution in [2.45, 2.75) is 25.9 Å². The number of nitrogens with zero attached hydrogens (tertiary/aromatic N) is 2. The Bertz CT molecular complexity index is 551. The Morgan fingerprint density at radius 1 is 1.40 bits per heavy atom. The van der Waals surface area contributed by atoms with Gasteiger partial charge in [0.25, 0.3) is 0 Å². The van der Waals surface area contributed by atoms with Crippen LogP contribution in [-0.4, -0.2) is 28.2 Å². The molecule has 0 spiro atoms. The summed E-state index contributed by atoms with van der Waals surface area (Å²) in [5.41, 5.74) is 7.01. The Morgan fingerprint density at radius 3 is 2.85 bits per heavy atom. The number of hydrogen-bond acceptors (Lipinski definition) is 4. The fourth-order valence-electron chi connectivity index (χ4n) is 1.98. The van der Waals surface area contributed by atoms with Crippen molar-refractivity contribution >= 4 is 5.97 Å². The third kappa shape index (κ3) is 3.68. The molecule has 2 N–H and O–H groups in total. The minimum absolute atomic E-state index is 0.338. The molecule has 1 atom stereocenters. The lowest BCUT2D eigenvalue weighted by Gasteiger charge is -2.12. The van der Waals surface area contributed by atoms with Gasteiger partial charge < -0.3 is 15.0 Å². The molecule has 1 heterocycles. The van der Waals surface area contributed by atoms with Crippen LogP contribution in [0.25, 0.3) is 0 Å². The molecule has 0 amide bonds. The van der Waals surface area contributed by atoms with Crippen molar-refractivity contribution in [1.82, 2.24) is 9.55 Å². The van der Waals surface area contributed by atoms with Gasteiger partial charge >= 0.3 is 5.97 Å². The zero-order valence-electron chi connectivity index (χ0n) is 11.5. The molecule has 0 fully saturated rings. The van der Waals surface area contributed by atoms with E-state index >= 15 is 0 Å². The number of imidazole rings is 1. The number of carbonyl (C=O) groups excluding carboxylic acids is 1. The number of carbonyl (C=O) groups is 1. The van der Waals surface area contributed by atoms with Crippen LogP contribution >= 0.6 is 0 Å². The second-order valence-electron chi connectivity index (χ2n) is 4.52. The maximum Gasteiger partial charge on any atom is 0.323 e. The summed E-state index contributed by atoms with van der Waals surface area (Å²) in [6.45, 7) is 2.82. The second-order valence-corrected chi connectivity index (χ2v) is 4.52. The van der Waals surface area contributed by atoms with Gasteiger partial charge in [-0.2, -0.15) is 0 Å². The van der Waals surface area contributed by atoms with Crippen LogP contribution in [0.2, 0.25) is 0 Å². The topological polar surface area (TPSA) is 70.1 Å². The number of aromatic nitrogens is 2. The largest absolute Gasteiger partial charge is 0.465 e. The average Bonchev–Trinajstić information content (AvgIpc) is 2.87. The molecule has 0 radical (unpaired) electrons. The third-order valence-electron chi connectivity index (χ3n) is 2.99. The smallest absolute Gasteiger partial charge is 0.323 e. The summed E-state index contributed by atoms with van der Waals surface area (Å²) in [5.74, 6) is 0.399. The maximum absolute atomic E-state index is 11.6. The van der Waals surface area contributed by atoms with Crippen LogP contribution in [0.1, 0.15) is 18.3 Å². The van der Waals surface area contributed by atoms with Crippen molar-refractivity contribution in [2.75, 3.05) is 6.61 Å². The quantitative estimate of drug-likeness (QED) is 0.807. The highest BCUT2D eigenvalue weighted by molar-refractivity contribution is 5.75. The van der Waals surface area contributed by atoms with E-state index < -0.39 is 6.04 Å². The lowest BCUT2D eigenvalue weighted by atomic mass is 10.2. The summed E-state index contributed by atoms with van der Waals surface area (Å²) >= 11 is 0. The van der Waals surface area contributed by atoms with Gasteiger partial charge in [-0.1, -0.05) is 30.3 Å². The molecule has 5 nitrogen and oxygen atoms in total. The first kappa shape index (κ1) is 14.3. The molecule has 0 bridgehead atoms. The fraction of sp³-hybridized carbons (Fsp3) is 0.333. The average molecular weight is 273 g/mol. The maximum atomic E-state index is 11.6. The number of nitrogens with two attached hydrogens (primary N) is 1. The van der Waals surface area contributed by atoms with Crippen LogP contribution in [0.5, 0.6) is 0 Å². The van der Waals surface area contributed by atoms with E-state index in [1.54, 1.807) is 13.1 Å². The van der Waals surface area contributed by atoms with E-state index in [-0.39, 0.29) is 5.97 Å². The normalized spacial score (nSPS) is 12.1. The minimum Gasteiger partial charge on any atom is -0.465 e. The first-order valence-corrected chi connectivity index (χ1v) is 6.67. The monoisotopic (exact) mass is 273 g/mol. The van der Waals surface area contributed by atoms with Crippen LogP contribution in [-0.2, 0) is 22.5 Å². The van der Waals surface area contributed by atoms with Gasteiger partial charge in [0.2, 0.25) is 0 Å². The van der Waals surface area contributed by atoms with Crippen LogP contribution in [0.15, 0.2) is 42.7 Å². The zero-order valence-corrected chi connectivity index (χ0v) is 11.5. The van der Waals surface area contributed by atoms with Crippen LogP contribution in [0, 0.1) is 0 Å². The molecule has 5 heteroatoms. The van der Waals surface area contributed by atoms with Crippen molar-refractivity contribution in [1.29, 1.82) is 0 Å². The van der Waals surface area contributed by atoms with Crippen molar-refractivity contribution in [2.24, 2.45) is 5.73 Å². The summed E-state index contributed by atoms with van der Waals surface area (Å²) < 4.78 is 6.90. The summed E-state index contributed by atoms with van der Waals surface area (Å²) in [7, 11) is 0. The molecule has 0 aliphatic heterocycles. The minimum atomic E-state index is -0.674. The van der Waals surface area contributed by atoms with Gasteiger partial charge in [0, 0.05) is 25.4 Å². The van der Waals surface area contributed by atoms with Crippen molar-refractivity contribution < 1.29 is 9.53 Å². The molecule has 0 saturated carbocycles. The van der Waals surface area contributed by atoms with Gasteiger partial charge in [0.1, 0.15) is 11.9 Å². The molecule has 2 aromatic rings. The summed E-state index contributed by atoms with van der Waals surface area (Å²) in [5, 5.41) is 0. The van der Waals surface area contributed by atoms with Gasteiger partial charge in [-0.3, -0.25) is 4.79 Å². The molecule has 1 aromatic carbocycles. The molecule has 106 valence electrons. The predicted octanol–water partition coefficient (Wildman–Crippen LogP) is 1.36. The van der Waals surface area contributed by atoms with Crippen LogP contribution in [0.3, 0.4) is 0 Å². The van der Waals surface area contributed by atoms with Gasteiger partial charge in [-0.25, -0.2) is 4.98 Å². The molecule has 20 heavy (non-hydrogen) atoms. The summed E-state index contributed by atoms with van der Waals surface area (Å²) in [4.78, 5) is 15.8. The fourth-order valence-corrected chi connectivity index (χ4v) is 1.98. The number of ether oxygens (including phenoxy) is 1. The van der Waals surface area contributed by atoms with E-state index in [2.05, 4.69) is 17.1 Å². The SMILES string of the molecule is CCOC(=O)C(N)Cc1nccn1Cc1ccccc1. The highest BCUT2D eigenvalue weighted by Crippen LogP contribution is 2.07. The van der Waals surface area contributed by atoms with Crippen molar-refractivity contribution in [3.8, 4) is 0 Å². The lowest BCUT2D eigenvalue weighted by molar-refractivity contribution is -0.144. The molecule has 2 rings (SSSR count). The Morgan fingerprint density at radius 2 is 2.15 bits per heavy atom. The van der Waals surface area contributed by atoms with E-state index in [9.17, 15) is 4.79 Å². The number of benzene rings is 1.